The van der Waals surface area contributed by atoms with E-state index < -0.39 is 97.5 Å². The second-order valence-corrected chi connectivity index (χ2v) is 28.1. The molecule has 0 aliphatic heterocycles. The fourth-order valence-electron chi connectivity index (χ4n) is 9.64. The second-order valence-electron chi connectivity index (χ2n) is 25.2. The molecule has 0 aromatic carbocycles. The molecule has 3 N–H and O–H groups in total. The molecule has 5 unspecified atom stereocenters. The molecule has 580 valence electrons. The molecule has 0 bridgehead atoms. The molecule has 0 radical (unpaired) electrons. The van der Waals surface area contributed by atoms with E-state index in [1.807, 2.05) is 24.3 Å². The molecule has 0 aromatic heterocycles. The number of allylic oxidation sites excluding steroid dienone is 25. The van der Waals surface area contributed by atoms with Crippen LogP contribution < -0.4 is 0 Å². The summed E-state index contributed by atoms with van der Waals surface area (Å²) >= 11 is 0. The Hall–Kier alpha value is -5.32. The van der Waals surface area contributed by atoms with Gasteiger partial charge in [-0.15, -0.1) is 0 Å². The van der Waals surface area contributed by atoms with E-state index in [0.29, 0.717) is 32.1 Å². The van der Waals surface area contributed by atoms with Crippen LogP contribution in [0.15, 0.2) is 158 Å². The van der Waals surface area contributed by atoms with E-state index in [2.05, 4.69) is 155 Å². The molecule has 0 saturated heterocycles. The van der Waals surface area contributed by atoms with Gasteiger partial charge in [0.25, 0.3) is 0 Å². The molecule has 19 heteroatoms. The van der Waals surface area contributed by atoms with Gasteiger partial charge in [0, 0.05) is 19.3 Å². The normalized spacial score (nSPS) is 14.8. The smallest absolute Gasteiger partial charge is 0.462 e. The highest BCUT2D eigenvalue weighted by molar-refractivity contribution is 7.47. The Morgan fingerprint density at radius 3 is 0.922 bits per heavy atom. The van der Waals surface area contributed by atoms with Crippen molar-refractivity contribution < 1.29 is 80.2 Å². The summed E-state index contributed by atoms with van der Waals surface area (Å²) in [5.41, 5.74) is 0. The van der Waals surface area contributed by atoms with E-state index in [1.165, 1.54) is 44.9 Å². The van der Waals surface area contributed by atoms with Crippen LogP contribution in [0.1, 0.15) is 285 Å². The first kappa shape index (κ1) is 96.7. The summed E-state index contributed by atoms with van der Waals surface area (Å²) in [6, 6.07) is 0. The van der Waals surface area contributed by atoms with Gasteiger partial charge in [-0.3, -0.25) is 37.3 Å². The third-order valence-electron chi connectivity index (χ3n) is 15.5. The van der Waals surface area contributed by atoms with Crippen LogP contribution in [-0.2, 0) is 65.4 Å². The van der Waals surface area contributed by atoms with Crippen LogP contribution in [0.25, 0.3) is 0 Å². The number of phosphoric acid groups is 2. The Morgan fingerprint density at radius 1 is 0.294 bits per heavy atom. The number of ether oxygens (including phenoxy) is 4. The highest BCUT2D eigenvalue weighted by Gasteiger charge is 2.30. The minimum atomic E-state index is -5.01. The van der Waals surface area contributed by atoms with Gasteiger partial charge in [0.05, 0.1) is 32.8 Å². The van der Waals surface area contributed by atoms with Gasteiger partial charge in [-0.05, 0) is 154 Å². The number of unbranched alkanes of at least 4 members (excludes halogenated alkanes) is 20. The van der Waals surface area contributed by atoms with Crippen LogP contribution in [0.2, 0.25) is 0 Å². The lowest BCUT2D eigenvalue weighted by atomic mass is 10.1. The van der Waals surface area contributed by atoms with Crippen LogP contribution in [0.4, 0.5) is 0 Å². The predicted molar refractivity (Wildman–Crippen MR) is 417 cm³/mol. The number of esters is 4. The van der Waals surface area contributed by atoms with Crippen molar-refractivity contribution in [3.8, 4) is 0 Å². The number of carbonyl (C=O) groups excluding carboxylic acids is 4. The summed E-state index contributed by atoms with van der Waals surface area (Å²) < 4.78 is 68.3. The fraction of sp³-hybridized carbons (Fsp3) is 0.639. The molecular weight excluding hydrogens is 1330 g/mol. The van der Waals surface area contributed by atoms with E-state index in [9.17, 15) is 43.2 Å². The number of phosphoric ester groups is 2. The van der Waals surface area contributed by atoms with Gasteiger partial charge in [-0.1, -0.05) is 263 Å². The maximum Gasteiger partial charge on any atom is 0.472 e. The molecule has 0 amide bonds. The van der Waals surface area contributed by atoms with Gasteiger partial charge in [-0.25, -0.2) is 9.13 Å². The molecule has 0 rings (SSSR count). The average Bonchev–Trinajstić information content (AvgIpc) is 0.919. The van der Waals surface area contributed by atoms with Crippen LogP contribution >= 0.6 is 15.6 Å². The largest absolute Gasteiger partial charge is 0.472 e. The Bertz CT molecular complexity index is 2550. The van der Waals surface area contributed by atoms with E-state index in [1.54, 1.807) is 6.08 Å². The lowest BCUT2D eigenvalue weighted by molar-refractivity contribution is -0.161. The number of carbonyl (C=O) groups is 4. The summed E-state index contributed by atoms with van der Waals surface area (Å²) in [5, 5.41) is 10.6. The van der Waals surface area contributed by atoms with E-state index in [4.69, 9.17) is 37.0 Å². The molecule has 0 aromatic rings. The zero-order valence-electron chi connectivity index (χ0n) is 63.2. The predicted octanol–water partition coefficient (Wildman–Crippen LogP) is 22.4. The SMILES string of the molecule is CC/C=C\C/C=C\C/C=C\C/C=C\C/C=C\CC(=O)OCC(COP(=O)(O)OCC(O)COP(=O)(O)OCC(COC(=O)CCCCCCCC/C=C\C/C=C\C/C=C\CCCCC)OC(=O)CCCCCCC/C=C\CCCCCC)OC(=O)CCCC/C=C\C/C=C\C/C=C\C/C=C\CC. The van der Waals surface area contributed by atoms with Crippen molar-refractivity contribution in [1.82, 2.24) is 0 Å². The van der Waals surface area contributed by atoms with Crippen molar-refractivity contribution in [2.24, 2.45) is 0 Å². The summed E-state index contributed by atoms with van der Waals surface area (Å²) in [4.78, 5) is 72.8. The minimum absolute atomic E-state index is 0.0177. The van der Waals surface area contributed by atoms with Crippen molar-refractivity contribution in [3.63, 3.8) is 0 Å². The molecule has 0 heterocycles. The molecule has 0 aliphatic rings. The number of hydrogen-bond donors (Lipinski definition) is 3. The van der Waals surface area contributed by atoms with Crippen LogP contribution in [0, 0.1) is 0 Å². The Balaban J connectivity index is 5.46. The van der Waals surface area contributed by atoms with Gasteiger partial charge in [-0.2, -0.15) is 0 Å². The Labute approximate surface area is 617 Å². The summed E-state index contributed by atoms with van der Waals surface area (Å²) in [5.74, 6) is -2.41. The van der Waals surface area contributed by atoms with Crippen molar-refractivity contribution in [2.75, 3.05) is 39.6 Å². The van der Waals surface area contributed by atoms with Crippen molar-refractivity contribution in [1.29, 1.82) is 0 Å². The molecule has 0 aliphatic carbocycles. The molecule has 5 atom stereocenters. The number of aliphatic hydroxyl groups is 1. The van der Waals surface area contributed by atoms with E-state index in [-0.39, 0.29) is 25.7 Å². The Morgan fingerprint density at radius 2 is 0.549 bits per heavy atom. The highest BCUT2D eigenvalue weighted by Crippen LogP contribution is 2.45. The van der Waals surface area contributed by atoms with E-state index >= 15 is 0 Å². The zero-order valence-corrected chi connectivity index (χ0v) is 65.0. The van der Waals surface area contributed by atoms with Crippen molar-refractivity contribution >= 4 is 39.5 Å². The molecule has 0 saturated carbocycles. The maximum absolute atomic E-state index is 13.1. The first-order valence-corrected chi connectivity index (χ1v) is 41.7. The average molecular weight is 1470 g/mol. The fourth-order valence-corrected chi connectivity index (χ4v) is 11.2. The first-order valence-electron chi connectivity index (χ1n) is 38.7. The molecule has 102 heavy (non-hydrogen) atoms. The van der Waals surface area contributed by atoms with Gasteiger partial charge in [0.15, 0.2) is 12.2 Å². The topological polar surface area (TPSA) is 237 Å². The summed E-state index contributed by atoms with van der Waals surface area (Å²) in [7, 11) is -10.0. The summed E-state index contributed by atoms with van der Waals surface area (Å²) in [6.45, 7) is 4.39. The van der Waals surface area contributed by atoms with Crippen molar-refractivity contribution in [2.45, 2.75) is 303 Å². The van der Waals surface area contributed by atoms with Gasteiger partial charge < -0.3 is 33.8 Å². The molecular formula is C83H136O17P2. The first-order chi connectivity index (χ1) is 49.7. The third-order valence-corrected chi connectivity index (χ3v) is 17.4. The number of rotatable bonds is 71. The van der Waals surface area contributed by atoms with Crippen molar-refractivity contribution in [3.05, 3.63) is 158 Å². The maximum atomic E-state index is 13.1. The molecule has 0 fully saturated rings. The standard InChI is InChI=1S/C83H136O17P2/c1-5-9-13-17-21-25-29-33-36-37-38-39-42-45-48-52-56-60-64-68-81(86)94-73-78(99-82(87)69-65-61-57-53-49-43-32-28-24-20-16-12-8-4)75-97-101(89,90)95-71-77(84)72-96-102(91,92)98-76-79(100-83(88)70-66-62-58-54-50-46-41-35-31-27-23-19-15-11-7-3)74-93-80(85)67-63-59-55-51-47-44-40-34-30-26-22-18-14-10-6-2/h10-11,14-15,21-23,25-28,32-36,38-41,47,50-51,54,59,63,77-79,84H,5-9,12-13,16-20,24,29-31,37,42-46,48-49,52-53,55-58,60-62,64-76H2,1-4H3,(H,89,90)(H,91,92)/b14-10-,15-11-,25-21-,26-22-,27-23-,32-28-,36-33-,39-38-,40-34-,41-35-,51-47-,54-50-,63-59-. The number of hydrogen-bond acceptors (Lipinski definition) is 15. The van der Waals surface area contributed by atoms with Crippen LogP contribution in [0.3, 0.4) is 0 Å². The lowest BCUT2D eigenvalue weighted by Gasteiger charge is -2.21. The van der Waals surface area contributed by atoms with Gasteiger partial charge >= 0.3 is 39.5 Å². The highest BCUT2D eigenvalue weighted by atomic mass is 31.2. The van der Waals surface area contributed by atoms with Crippen LogP contribution in [0.5, 0.6) is 0 Å². The van der Waals surface area contributed by atoms with Gasteiger partial charge in [0.2, 0.25) is 0 Å². The Kier molecular flexibility index (Phi) is 70.1. The number of aliphatic hydroxyl groups excluding tert-OH is 1. The van der Waals surface area contributed by atoms with Gasteiger partial charge in [0.1, 0.15) is 19.3 Å². The third kappa shape index (κ3) is 73.0. The quantitative estimate of drug-likeness (QED) is 0.0169. The zero-order chi connectivity index (χ0) is 74.6. The minimum Gasteiger partial charge on any atom is -0.462 e. The second kappa shape index (κ2) is 74.0. The molecule has 0 spiro atoms. The monoisotopic (exact) mass is 1470 g/mol. The molecule has 17 nitrogen and oxygen atoms in total. The van der Waals surface area contributed by atoms with Crippen LogP contribution in [-0.4, -0.2) is 96.7 Å². The van der Waals surface area contributed by atoms with E-state index in [0.717, 1.165) is 154 Å². The lowest BCUT2D eigenvalue weighted by Crippen LogP contribution is -2.30. The summed E-state index contributed by atoms with van der Waals surface area (Å²) in [6.07, 6.45) is 85.5.